The Morgan fingerprint density at radius 1 is 1.29 bits per heavy atom. The summed E-state index contributed by atoms with van der Waals surface area (Å²) < 4.78 is 1.19. The summed E-state index contributed by atoms with van der Waals surface area (Å²) in [6, 6.07) is 2.63. The van der Waals surface area contributed by atoms with Crippen LogP contribution in [0.5, 0.6) is 0 Å². The number of fused-ring (bicyclic) bond motifs is 1. The molecular weight excluding hydrogens is 230 g/mol. The van der Waals surface area contributed by atoms with Gasteiger partial charge < -0.3 is 5.32 Å². The third-order valence-electron chi connectivity index (χ3n) is 3.68. The zero-order valence-electron chi connectivity index (χ0n) is 10.0. The van der Waals surface area contributed by atoms with Crippen molar-refractivity contribution in [1.29, 1.82) is 0 Å². The lowest BCUT2D eigenvalue weighted by molar-refractivity contribution is 0.349. The van der Waals surface area contributed by atoms with E-state index in [1.54, 1.807) is 17.7 Å². The lowest BCUT2D eigenvalue weighted by atomic mass is 9.86. The molecule has 0 bridgehead atoms. The molecule has 1 N–H and O–H groups in total. The normalized spacial score (nSPS) is 25.0. The topological polar surface area (TPSA) is 37.8 Å². The molecule has 90 valence electrons. The van der Waals surface area contributed by atoms with Gasteiger partial charge in [-0.1, -0.05) is 19.8 Å². The fourth-order valence-electron chi connectivity index (χ4n) is 2.60. The van der Waals surface area contributed by atoms with Gasteiger partial charge in [-0.15, -0.1) is 11.3 Å². The van der Waals surface area contributed by atoms with Crippen LogP contribution in [0, 0.1) is 5.92 Å². The van der Waals surface area contributed by atoms with E-state index < -0.39 is 0 Å². The number of nitrogens with zero attached hydrogens (tertiary/aromatic N) is 2. The molecule has 0 aliphatic heterocycles. The quantitative estimate of drug-likeness (QED) is 0.879. The SMILES string of the molecule is CC1CCCCC1Nc1ncnc2ccsc12. The van der Waals surface area contributed by atoms with E-state index in [2.05, 4.69) is 33.7 Å². The molecule has 2 aromatic rings. The maximum atomic E-state index is 4.40. The fourth-order valence-corrected chi connectivity index (χ4v) is 3.40. The minimum atomic E-state index is 0.573. The molecule has 1 aliphatic carbocycles. The van der Waals surface area contributed by atoms with Crippen LogP contribution in [0.3, 0.4) is 0 Å². The van der Waals surface area contributed by atoms with Crippen LogP contribution in [0.25, 0.3) is 10.2 Å². The van der Waals surface area contributed by atoms with Crippen LogP contribution in [0.2, 0.25) is 0 Å². The molecule has 1 aliphatic rings. The minimum Gasteiger partial charge on any atom is -0.366 e. The van der Waals surface area contributed by atoms with E-state index in [-0.39, 0.29) is 0 Å². The highest BCUT2D eigenvalue weighted by Crippen LogP contribution is 2.30. The third kappa shape index (κ3) is 2.14. The van der Waals surface area contributed by atoms with Gasteiger partial charge in [-0.3, -0.25) is 0 Å². The van der Waals surface area contributed by atoms with Crippen LogP contribution >= 0.6 is 11.3 Å². The number of nitrogens with one attached hydrogen (secondary N) is 1. The van der Waals surface area contributed by atoms with Crippen LogP contribution in [0.4, 0.5) is 5.82 Å². The van der Waals surface area contributed by atoms with E-state index in [9.17, 15) is 0 Å². The van der Waals surface area contributed by atoms with E-state index in [4.69, 9.17) is 0 Å². The number of hydrogen-bond donors (Lipinski definition) is 1. The van der Waals surface area contributed by atoms with Gasteiger partial charge in [0, 0.05) is 6.04 Å². The Morgan fingerprint density at radius 3 is 3.06 bits per heavy atom. The van der Waals surface area contributed by atoms with Gasteiger partial charge in [0.15, 0.2) is 0 Å². The largest absolute Gasteiger partial charge is 0.366 e. The van der Waals surface area contributed by atoms with Gasteiger partial charge >= 0.3 is 0 Å². The maximum Gasteiger partial charge on any atom is 0.147 e. The van der Waals surface area contributed by atoms with E-state index in [1.165, 1.54) is 30.4 Å². The van der Waals surface area contributed by atoms with Crippen LogP contribution in [0.1, 0.15) is 32.6 Å². The Kier molecular flexibility index (Phi) is 2.97. The molecule has 3 rings (SSSR count). The Morgan fingerprint density at radius 2 is 2.18 bits per heavy atom. The van der Waals surface area contributed by atoms with E-state index in [0.29, 0.717) is 6.04 Å². The summed E-state index contributed by atoms with van der Waals surface area (Å²) in [7, 11) is 0. The molecule has 1 fully saturated rings. The second-order valence-corrected chi connectivity index (χ2v) is 5.79. The van der Waals surface area contributed by atoms with Gasteiger partial charge in [-0.25, -0.2) is 9.97 Å². The van der Waals surface area contributed by atoms with Crippen molar-refractivity contribution in [3.8, 4) is 0 Å². The maximum absolute atomic E-state index is 4.40. The van der Waals surface area contributed by atoms with Crippen molar-refractivity contribution in [2.24, 2.45) is 5.92 Å². The zero-order valence-corrected chi connectivity index (χ0v) is 10.8. The average Bonchev–Trinajstić information content (AvgIpc) is 2.81. The first-order valence-electron chi connectivity index (χ1n) is 6.29. The molecule has 2 atom stereocenters. The lowest BCUT2D eigenvalue weighted by Crippen LogP contribution is -2.30. The van der Waals surface area contributed by atoms with Crippen LogP contribution < -0.4 is 5.32 Å². The van der Waals surface area contributed by atoms with Gasteiger partial charge in [0.05, 0.1) is 10.2 Å². The summed E-state index contributed by atoms with van der Waals surface area (Å²) in [6.07, 6.45) is 6.96. The lowest BCUT2D eigenvalue weighted by Gasteiger charge is -2.29. The Labute approximate surface area is 105 Å². The van der Waals surface area contributed by atoms with Gasteiger partial charge in [0.25, 0.3) is 0 Å². The van der Waals surface area contributed by atoms with Crippen molar-refractivity contribution >= 4 is 27.4 Å². The Balaban J connectivity index is 1.86. The number of thiophene rings is 1. The van der Waals surface area contributed by atoms with Crippen LogP contribution in [0.15, 0.2) is 17.8 Å². The second kappa shape index (κ2) is 4.61. The molecule has 0 spiro atoms. The number of aromatic nitrogens is 2. The molecule has 4 heteroatoms. The van der Waals surface area contributed by atoms with Crippen LogP contribution in [-0.2, 0) is 0 Å². The summed E-state index contributed by atoms with van der Waals surface area (Å²) in [5.74, 6) is 1.76. The third-order valence-corrected chi connectivity index (χ3v) is 4.59. The Bertz CT molecular complexity index is 508. The Hall–Kier alpha value is -1.16. The summed E-state index contributed by atoms with van der Waals surface area (Å²) in [5, 5.41) is 5.70. The molecule has 0 saturated heterocycles. The van der Waals surface area contributed by atoms with E-state index >= 15 is 0 Å². The first-order valence-corrected chi connectivity index (χ1v) is 7.17. The highest BCUT2D eigenvalue weighted by molar-refractivity contribution is 7.17. The minimum absolute atomic E-state index is 0.573. The van der Waals surface area contributed by atoms with Crippen LogP contribution in [-0.4, -0.2) is 16.0 Å². The molecular formula is C13H17N3S. The first kappa shape index (κ1) is 11.0. The van der Waals surface area contributed by atoms with Crippen molar-refractivity contribution in [3.63, 3.8) is 0 Å². The van der Waals surface area contributed by atoms with Gasteiger partial charge in [0.1, 0.15) is 12.1 Å². The smallest absolute Gasteiger partial charge is 0.147 e. The van der Waals surface area contributed by atoms with Crippen molar-refractivity contribution in [1.82, 2.24) is 9.97 Å². The summed E-state index contributed by atoms with van der Waals surface area (Å²) in [4.78, 5) is 8.67. The fraction of sp³-hybridized carbons (Fsp3) is 0.538. The molecule has 0 radical (unpaired) electrons. The molecule has 0 aromatic carbocycles. The van der Waals surface area contributed by atoms with E-state index in [1.807, 2.05) is 0 Å². The predicted molar refractivity (Wildman–Crippen MR) is 72.5 cm³/mol. The monoisotopic (exact) mass is 247 g/mol. The molecule has 3 nitrogen and oxygen atoms in total. The summed E-state index contributed by atoms with van der Waals surface area (Å²) in [5.41, 5.74) is 1.05. The number of anilines is 1. The van der Waals surface area contributed by atoms with Gasteiger partial charge in [-0.2, -0.15) is 0 Å². The second-order valence-electron chi connectivity index (χ2n) is 4.87. The number of rotatable bonds is 2. The van der Waals surface area contributed by atoms with Gasteiger partial charge in [-0.05, 0) is 30.2 Å². The highest BCUT2D eigenvalue weighted by Gasteiger charge is 2.22. The highest BCUT2D eigenvalue weighted by atomic mass is 32.1. The molecule has 2 heterocycles. The summed E-state index contributed by atoms with van der Waals surface area (Å²) in [6.45, 7) is 2.34. The first-order chi connectivity index (χ1) is 8.34. The van der Waals surface area contributed by atoms with Crippen molar-refractivity contribution in [2.45, 2.75) is 38.6 Å². The zero-order chi connectivity index (χ0) is 11.7. The predicted octanol–water partition coefficient (Wildman–Crippen LogP) is 3.68. The van der Waals surface area contributed by atoms with Crippen molar-refractivity contribution in [3.05, 3.63) is 17.8 Å². The van der Waals surface area contributed by atoms with E-state index in [0.717, 1.165) is 17.3 Å². The van der Waals surface area contributed by atoms with Gasteiger partial charge in [0.2, 0.25) is 0 Å². The number of hydrogen-bond acceptors (Lipinski definition) is 4. The molecule has 17 heavy (non-hydrogen) atoms. The van der Waals surface area contributed by atoms with Crippen molar-refractivity contribution in [2.75, 3.05) is 5.32 Å². The molecule has 2 aromatic heterocycles. The average molecular weight is 247 g/mol. The summed E-state index contributed by atoms with van der Waals surface area (Å²) >= 11 is 1.72. The molecule has 0 amide bonds. The van der Waals surface area contributed by atoms with Crippen molar-refractivity contribution < 1.29 is 0 Å². The molecule has 2 unspecified atom stereocenters. The molecule has 1 saturated carbocycles. The standard InChI is InChI=1S/C13H17N3S/c1-9-4-2-3-5-10(9)16-13-12-11(6-7-17-12)14-8-15-13/h6-10H,2-5H2,1H3,(H,14,15,16).